The van der Waals surface area contributed by atoms with E-state index < -0.39 is 0 Å². The number of carbonyl (C=O) groups excluding carboxylic acids is 1. The molecule has 7 nitrogen and oxygen atoms in total. The van der Waals surface area contributed by atoms with Gasteiger partial charge in [0.1, 0.15) is 16.5 Å². The number of benzene rings is 3. The van der Waals surface area contributed by atoms with E-state index in [0.29, 0.717) is 17.2 Å². The lowest BCUT2D eigenvalue weighted by atomic mass is 10.0. The van der Waals surface area contributed by atoms with E-state index >= 15 is 0 Å². The lowest BCUT2D eigenvalue weighted by Gasteiger charge is -2.11. The van der Waals surface area contributed by atoms with Crippen molar-refractivity contribution in [1.82, 2.24) is 14.6 Å². The van der Waals surface area contributed by atoms with Crippen LogP contribution in [-0.4, -0.2) is 40.5 Å². The summed E-state index contributed by atoms with van der Waals surface area (Å²) in [5, 5.41) is 10.7. The van der Waals surface area contributed by atoms with Gasteiger partial charge >= 0.3 is 0 Å². The number of fused-ring (bicyclic) bond motifs is 2. The highest BCUT2D eigenvalue weighted by Crippen LogP contribution is 2.32. The van der Waals surface area contributed by atoms with Gasteiger partial charge < -0.3 is 14.8 Å². The average Bonchev–Trinajstić information content (AvgIpc) is 3.32. The number of amides is 1. The smallest absolute Gasteiger partial charge is 0.234 e. The third-order valence-corrected chi connectivity index (χ3v) is 6.44. The maximum absolute atomic E-state index is 12.7. The number of anilines is 1. The molecule has 34 heavy (non-hydrogen) atoms. The van der Waals surface area contributed by atoms with Crippen LogP contribution in [-0.2, 0) is 4.79 Å². The molecular formula is C26H22N4O3S. The highest BCUT2D eigenvalue weighted by atomic mass is 32.2. The number of hydrogen-bond acceptors (Lipinski definition) is 6. The minimum absolute atomic E-state index is 0.172. The number of methoxy groups -OCH3 is 2. The molecule has 0 aliphatic rings. The quantitative estimate of drug-likeness (QED) is 0.325. The van der Waals surface area contributed by atoms with E-state index in [2.05, 4.69) is 34.6 Å². The van der Waals surface area contributed by atoms with Crippen molar-refractivity contribution in [3.05, 3.63) is 79.1 Å². The Morgan fingerprint density at radius 1 is 1.03 bits per heavy atom. The summed E-state index contributed by atoms with van der Waals surface area (Å²) in [6, 6.07) is 21.7. The normalized spacial score (nSPS) is 11.0. The zero-order valence-electron chi connectivity index (χ0n) is 18.7. The van der Waals surface area contributed by atoms with E-state index in [0.717, 1.165) is 32.6 Å². The van der Waals surface area contributed by atoms with Gasteiger partial charge in [0, 0.05) is 24.0 Å². The second kappa shape index (κ2) is 9.44. The first-order valence-corrected chi connectivity index (χ1v) is 11.6. The Morgan fingerprint density at radius 2 is 1.88 bits per heavy atom. The van der Waals surface area contributed by atoms with E-state index in [4.69, 9.17) is 14.6 Å². The fourth-order valence-corrected chi connectivity index (χ4v) is 4.60. The molecule has 5 aromatic rings. The van der Waals surface area contributed by atoms with Gasteiger partial charge in [-0.05, 0) is 29.0 Å². The summed E-state index contributed by atoms with van der Waals surface area (Å²) < 4.78 is 12.4. The first-order chi connectivity index (χ1) is 16.7. The van der Waals surface area contributed by atoms with E-state index in [1.807, 2.05) is 30.5 Å². The Balaban J connectivity index is 1.38. The van der Waals surface area contributed by atoms with Crippen molar-refractivity contribution in [2.24, 2.45) is 0 Å². The third kappa shape index (κ3) is 4.27. The molecule has 0 bridgehead atoms. The number of carbonyl (C=O) groups is 1. The van der Waals surface area contributed by atoms with Gasteiger partial charge in [-0.25, -0.2) is 9.50 Å². The van der Waals surface area contributed by atoms with Crippen LogP contribution < -0.4 is 14.8 Å². The van der Waals surface area contributed by atoms with Crippen LogP contribution in [0.25, 0.3) is 27.5 Å². The van der Waals surface area contributed by atoms with Crippen LogP contribution in [0.3, 0.4) is 0 Å². The number of hydrogen-bond donors (Lipinski definition) is 1. The van der Waals surface area contributed by atoms with Gasteiger partial charge in [-0.3, -0.25) is 4.79 Å². The summed E-state index contributed by atoms with van der Waals surface area (Å²) in [5.74, 6) is 1.21. The van der Waals surface area contributed by atoms with Gasteiger partial charge in [0.15, 0.2) is 0 Å². The van der Waals surface area contributed by atoms with E-state index in [1.165, 1.54) is 11.8 Å². The van der Waals surface area contributed by atoms with Crippen LogP contribution >= 0.6 is 11.8 Å². The molecule has 0 spiro atoms. The molecule has 0 saturated heterocycles. The second-order valence-electron chi connectivity index (χ2n) is 7.52. The van der Waals surface area contributed by atoms with E-state index in [-0.39, 0.29) is 11.7 Å². The number of nitrogens with zero attached hydrogens (tertiary/aromatic N) is 3. The predicted octanol–water partition coefficient (Wildman–Crippen LogP) is 5.30. The highest BCUT2D eigenvalue weighted by Gasteiger charge is 2.14. The molecule has 3 aromatic carbocycles. The summed E-state index contributed by atoms with van der Waals surface area (Å²) in [6.45, 7) is 0. The van der Waals surface area contributed by atoms with Crippen molar-refractivity contribution in [3.8, 4) is 22.8 Å². The van der Waals surface area contributed by atoms with Gasteiger partial charge in [-0.2, -0.15) is 5.10 Å². The van der Waals surface area contributed by atoms with Crippen LogP contribution in [0.2, 0.25) is 0 Å². The molecule has 0 fully saturated rings. The fraction of sp³-hybridized carbons (Fsp3) is 0.115. The van der Waals surface area contributed by atoms with Crippen LogP contribution in [0.4, 0.5) is 5.69 Å². The summed E-state index contributed by atoms with van der Waals surface area (Å²) in [5.41, 5.74) is 3.32. The van der Waals surface area contributed by atoms with Crippen LogP contribution in [0.5, 0.6) is 11.5 Å². The highest BCUT2D eigenvalue weighted by molar-refractivity contribution is 8.00. The summed E-state index contributed by atoms with van der Waals surface area (Å²) in [6.07, 6.45) is 3.51. The maximum atomic E-state index is 12.7. The van der Waals surface area contributed by atoms with E-state index in [9.17, 15) is 4.79 Å². The Labute approximate surface area is 200 Å². The number of rotatable bonds is 7. The topological polar surface area (TPSA) is 77.8 Å². The monoisotopic (exact) mass is 470 g/mol. The van der Waals surface area contributed by atoms with Crippen molar-refractivity contribution in [1.29, 1.82) is 0 Å². The fourth-order valence-electron chi connectivity index (χ4n) is 3.82. The molecule has 5 rings (SSSR count). The average molecular weight is 471 g/mol. The SMILES string of the molecule is COc1ccc(OC)c(NC(=O)CSc2nccn3nc(-c4cccc5ccccc45)cc23)c1. The van der Waals surface area contributed by atoms with Crippen molar-refractivity contribution in [2.75, 3.05) is 25.3 Å². The van der Waals surface area contributed by atoms with Crippen LogP contribution in [0.1, 0.15) is 0 Å². The zero-order valence-corrected chi connectivity index (χ0v) is 19.5. The molecule has 8 heteroatoms. The minimum Gasteiger partial charge on any atom is -0.497 e. The molecule has 1 N–H and O–H groups in total. The van der Waals surface area contributed by atoms with Gasteiger partial charge in [0.2, 0.25) is 5.91 Å². The lowest BCUT2D eigenvalue weighted by molar-refractivity contribution is -0.113. The molecule has 170 valence electrons. The van der Waals surface area contributed by atoms with Crippen molar-refractivity contribution in [3.63, 3.8) is 0 Å². The third-order valence-electron chi connectivity index (χ3n) is 5.44. The Kier molecular flexibility index (Phi) is 6.05. The van der Waals surface area contributed by atoms with Crippen molar-refractivity contribution in [2.45, 2.75) is 5.03 Å². The zero-order chi connectivity index (χ0) is 23.5. The van der Waals surface area contributed by atoms with Gasteiger partial charge in [0.25, 0.3) is 0 Å². The summed E-state index contributed by atoms with van der Waals surface area (Å²) >= 11 is 1.36. The largest absolute Gasteiger partial charge is 0.497 e. The number of thioether (sulfide) groups is 1. The van der Waals surface area contributed by atoms with Gasteiger partial charge in [-0.1, -0.05) is 54.2 Å². The molecule has 0 atom stereocenters. The Bertz CT molecular complexity index is 1490. The Hall–Kier alpha value is -4.04. The standard InChI is InChI=1S/C26H22N4O3S/c1-32-18-10-11-24(33-2)22(14-18)28-25(31)16-34-26-23-15-21(29-30(23)13-12-27-26)20-9-5-7-17-6-3-4-8-19(17)20/h3-15H,16H2,1-2H3,(H,28,31). The predicted molar refractivity (Wildman–Crippen MR) is 135 cm³/mol. The van der Waals surface area contributed by atoms with Gasteiger partial charge in [-0.15, -0.1) is 0 Å². The Morgan fingerprint density at radius 3 is 2.74 bits per heavy atom. The van der Waals surface area contributed by atoms with Crippen molar-refractivity contribution < 1.29 is 14.3 Å². The number of ether oxygens (including phenoxy) is 2. The second-order valence-corrected chi connectivity index (χ2v) is 8.49. The number of nitrogens with one attached hydrogen (secondary N) is 1. The lowest BCUT2D eigenvalue weighted by Crippen LogP contribution is -2.15. The molecule has 0 radical (unpaired) electrons. The molecule has 0 aliphatic carbocycles. The summed E-state index contributed by atoms with van der Waals surface area (Å²) in [7, 11) is 3.14. The molecular weight excluding hydrogens is 448 g/mol. The minimum atomic E-state index is -0.172. The number of aromatic nitrogens is 3. The van der Waals surface area contributed by atoms with E-state index in [1.54, 1.807) is 43.1 Å². The first-order valence-electron chi connectivity index (χ1n) is 10.6. The molecule has 1 amide bonds. The van der Waals surface area contributed by atoms with Crippen LogP contribution in [0, 0.1) is 0 Å². The van der Waals surface area contributed by atoms with Crippen molar-refractivity contribution >= 4 is 39.6 Å². The first kappa shape index (κ1) is 21.8. The molecule has 0 unspecified atom stereocenters. The molecule has 2 heterocycles. The van der Waals surface area contributed by atoms with Crippen LogP contribution in [0.15, 0.2) is 84.1 Å². The molecule has 2 aromatic heterocycles. The molecule has 0 saturated carbocycles. The van der Waals surface area contributed by atoms with Gasteiger partial charge in [0.05, 0.1) is 36.9 Å². The maximum Gasteiger partial charge on any atom is 0.234 e. The summed E-state index contributed by atoms with van der Waals surface area (Å²) in [4.78, 5) is 17.2. The molecule has 0 aliphatic heterocycles.